The Morgan fingerprint density at radius 2 is 0.968 bits per heavy atom. The second-order valence-corrected chi connectivity index (χ2v) is 26.3. The van der Waals surface area contributed by atoms with Crippen LogP contribution in [0, 0.1) is 10.1 Å². The largest absolute Gasteiger partial charge is 0.488 e. The number of ether oxygens (including phenoxy) is 6. The Bertz CT molecular complexity index is 1880. The molecule has 2 aromatic rings. The summed E-state index contributed by atoms with van der Waals surface area (Å²) in [6, 6.07) is 7.79. The highest BCUT2D eigenvalue weighted by molar-refractivity contribution is 9.10. The molecule has 0 saturated heterocycles. The van der Waals surface area contributed by atoms with Gasteiger partial charge in [-0.2, -0.15) is 0 Å². The fourth-order valence-corrected chi connectivity index (χ4v) is 6.75. The topological polar surface area (TPSA) is 183 Å². The van der Waals surface area contributed by atoms with Gasteiger partial charge in [0.1, 0.15) is 73.3 Å². The number of nitro groups is 1. The van der Waals surface area contributed by atoms with Crippen molar-refractivity contribution in [3.63, 3.8) is 0 Å². The molecule has 16 nitrogen and oxygen atoms in total. The predicted octanol–water partition coefficient (Wildman–Crippen LogP) is 9.32. The smallest absolute Gasteiger partial charge is 0.326 e. The van der Waals surface area contributed by atoms with Crippen molar-refractivity contribution in [3.8, 4) is 11.5 Å². The highest BCUT2D eigenvalue weighted by Gasteiger charge is 2.38. The average Bonchev–Trinajstić information content (AvgIpc) is 3.04. The quantitative estimate of drug-likeness (QED) is 0.0324. The summed E-state index contributed by atoms with van der Waals surface area (Å²) < 4.78 is 41.9. The molecule has 0 saturated carbocycles. The van der Waals surface area contributed by atoms with Gasteiger partial charge in [-0.3, -0.25) is 29.3 Å². The molecule has 0 aliphatic heterocycles. The standard InChI is InChI=1S/C45H70BrN3O13Si/c1-41(2,3)59-37(50)25-47(26-38(51)60-42(4,5)6)32-19-18-31(46)23-35(32)56-20-21-57-36-24-33(49(54)55)30(29-58-63(16,17)45(13,14)15)22-34(36)48(27-39(52)61-43(7,8)9)28-40(53)62-44(10,11)12/h18-19,22-24H,20-21,25-29H2,1-17H3. The van der Waals surface area contributed by atoms with E-state index in [1.165, 1.54) is 21.9 Å². The number of carbonyl (C=O) groups is 4. The SMILES string of the molecule is CC(C)(C)OC(=O)CN(CC(=O)OC(C)(C)C)c1ccc(Br)cc1OCCOc1cc([N+](=O)[O-])c(CO[Si](C)(C)C(C)(C)C)cc1N(CC(=O)OC(C)(C)C)CC(=O)OC(C)(C)C. The molecule has 0 N–H and O–H groups in total. The molecule has 63 heavy (non-hydrogen) atoms. The number of benzene rings is 2. The van der Waals surface area contributed by atoms with Gasteiger partial charge in [-0.15, -0.1) is 0 Å². The molecule has 0 aliphatic rings. The highest BCUT2D eigenvalue weighted by Crippen LogP contribution is 2.40. The number of carbonyl (C=O) groups excluding carboxylic acids is 4. The number of hydrogen-bond donors (Lipinski definition) is 0. The first-order chi connectivity index (χ1) is 28.4. The summed E-state index contributed by atoms with van der Waals surface area (Å²) in [6.45, 7) is 29.0. The Kier molecular flexibility index (Phi) is 18.7. The van der Waals surface area contributed by atoms with E-state index in [-0.39, 0.29) is 66.4 Å². The fourth-order valence-electron chi connectivity index (χ4n) is 5.46. The summed E-state index contributed by atoms with van der Waals surface area (Å²) in [7, 11) is -2.41. The minimum Gasteiger partial charge on any atom is -0.488 e. The van der Waals surface area contributed by atoms with Crippen molar-refractivity contribution in [1.82, 2.24) is 0 Å². The minimum atomic E-state index is -2.41. The van der Waals surface area contributed by atoms with E-state index in [1.807, 2.05) is 13.1 Å². The van der Waals surface area contributed by atoms with Gasteiger partial charge in [0, 0.05) is 4.47 Å². The molecule has 0 radical (unpaired) electrons. The maximum absolute atomic E-state index is 13.4. The number of hydrogen-bond acceptors (Lipinski definition) is 15. The third kappa shape index (κ3) is 19.9. The molecule has 18 heteroatoms. The van der Waals surface area contributed by atoms with Crippen LogP contribution in [0.5, 0.6) is 11.5 Å². The van der Waals surface area contributed by atoms with Gasteiger partial charge < -0.3 is 42.6 Å². The number of rotatable bonds is 19. The average molecular weight is 969 g/mol. The molecule has 2 aromatic carbocycles. The highest BCUT2D eigenvalue weighted by atomic mass is 79.9. The lowest BCUT2D eigenvalue weighted by Crippen LogP contribution is -2.41. The normalized spacial score (nSPS) is 12.5. The molecule has 0 spiro atoms. The summed E-state index contributed by atoms with van der Waals surface area (Å²) in [5.41, 5.74) is -2.83. The van der Waals surface area contributed by atoms with Gasteiger partial charge in [-0.1, -0.05) is 36.7 Å². The van der Waals surface area contributed by atoms with E-state index < -0.39 is 72.6 Å². The Hall–Kier alpha value is -4.42. The van der Waals surface area contributed by atoms with Crippen molar-refractivity contribution >= 4 is 65.2 Å². The molecule has 0 aromatic heterocycles. The Labute approximate surface area is 383 Å². The molecule has 0 amide bonds. The number of anilines is 2. The summed E-state index contributed by atoms with van der Waals surface area (Å²) in [5, 5.41) is 12.4. The Balaban J connectivity index is 2.68. The van der Waals surface area contributed by atoms with Crippen LogP contribution in [-0.2, 0) is 49.2 Å². The molecule has 0 fully saturated rings. The van der Waals surface area contributed by atoms with Gasteiger partial charge in [0.15, 0.2) is 8.32 Å². The van der Waals surface area contributed by atoms with E-state index >= 15 is 0 Å². The maximum atomic E-state index is 13.4. The van der Waals surface area contributed by atoms with E-state index in [4.69, 9.17) is 32.8 Å². The van der Waals surface area contributed by atoms with Gasteiger partial charge in [0.05, 0.1) is 34.5 Å². The monoisotopic (exact) mass is 967 g/mol. The first kappa shape index (κ1) is 54.7. The summed E-state index contributed by atoms with van der Waals surface area (Å²) in [6.07, 6.45) is 0. The first-order valence-electron chi connectivity index (χ1n) is 20.8. The zero-order valence-corrected chi connectivity index (χ0v) is 42.9. The zero-order valence-electron chi connectivity index (χ0n) is 40.4. The van der Waals surface area contributed by atoms with E-state index in [0.29, 0.717) is 10.2 Å². The van der Waals surface area contributed by atoms with Crippen molar-refractivity contribution in [3.05, 3.63) is 50.5 Å². The first-order valence-corrected chi connectivity index (χ1v) is 24.5. The number of nitrogens with zero attached hydrogens (tertiary/aromatic N) is 3. The van der Waals surface area contributed by atoms with Crippen LogP contribution >= 0.6 is 15.9 Å². The Morgan fingerprint density at radius 1 is 0.603 bits per heavy atom. The predicted molar refractivity (Wildman–Crippen MR) is 248 cm³/mol. The lowest BCUT2D eigenvalue weighted by atomic mass is 10.1. The second-order valence-electron chi connectivity index (χ2n) is 20.6. The van der Waals surface area contributed by atoms with Crippen LogP contribution in [0.25, 0.3) is 0 Å². The van der Waals surface area contributed by atoms with Crippen molar-refractivity contribution in [2.24, 2.45) is 0 Å². The van der Waals surface area contributed by atoms with E-state index in [1.54, 1.807) is 101 Å². The van der Waals surface area contributed by atoms with Crippen molar-refractivity contribution in [2.45, 2.75) is 151 Å². The van der Waals surface area contributed by atoms with Crippen LogP contribution in [0.3, 0.4) is 0 Å². The van der Waals surface area contributed by atoms with Crippen LogP contribution in [0.15, 0.2) is 34.8 Å². The molecule has 2 rings (SSSR count). The van der Waals surface area contributed by atoms with Gasteiger partial charge in [0.2, 0.25) is 0 Å². The summed E-state index contributed by atoms with van der Waals surface area (Å²) >= 11 is 3.47. The van der Waals surface area contributed by atoms with E-state index in [2.05, 4.69) is 36.7 Å². The van der Waals surface area contributed by atoms with Crippen molar-refractivity contribution < 1.29 is 56.9 Å². The lowest BCUT2D eigenvalue weighted by molar-refractivity contribution is -0.385. The number of nitro benzene ring substituents is 1. The zero-order chi connectivity index (χ0) is 48.5. The third-order valence-corrected chi connectivity index (χ3v) is 13.9. The summed E-state index contributed by atoms with van der Waals surface area (Å²) in [5.74, 6) is -2.26. The number of halogens is 1. The van der Waals surface area contributed by atoms with Gasteiger partial charge >= 0.3 is 23.9 Å². The maximum Gasteiger partial charge on any atom is 0.326 e. The fraction of sp³-hybridized carbons (Fsp3) is 0.644. The molecule has 0 unspecified atom stereocenters. The second kappa shape index (κ2) is 21.5. The molecule has 0 heterocycles. The third-order valence-electron chi connectivity index (χ3n) is 8.91. The van der Waals surface area contributed by atoms with Crippen LogP contribution in [0.1, 0.15) is 109 Å². The Morgan fingerprint density at radius 3 is 1.32 bits per heavy atom. The van der Waals surface area contributed by atoms with Crippen LogP contribution in [0.4, 0.5) is 17.1 Å². The van der Waals surface area contributed by atoms with Crippen LogP contribution in [-0.4, -0.2) is 98.9 Å². The van der Waals surface area contributed by atoms with Gasteiger partial charge in [-0.25, -0.2) is 0 Å². The minimum absolute atomic E-state index is 0.0283. The molecule has 0 atom stereocenters. The van der Waals surface area contributed by atoms with Gasteiger partial charge in [-0.05, 0) is 125 Å². The van der Waals surface area contributed by atoms with Crippen LogP contribution in [0.2, 0.25) is 18.1 Å². The lowest BCUT2D eigenvalue weighted by Gasteiger charge is -2.36. The van der Waals surface area contributed by atoms with Crippen molar-refractivity contribution in [1.29, 1.82) is 0 Å². The van der Waals surface area contributed by atoms with E-state index in [9.17, 15) is 29.3 Å². The van der Waals surface area contributed by atoms with Crippen LogP contribution < -0.4 is 19.3 Å². The van der Waals surface area contributed by atoms with E-state index in [0.717, 1.165) is 0 Å². The number of esters is 4. The molecule has 0 aliphatic carbocycles. The molecule has 0 bridgehead atoms. The van der Waals surface area contributed by atoms with Crippen molar-refractivity contribution in [2.75, 3.05) is 49.2 Å². The summed E-state index contributed by atoms with van der Waals surface area (Å²) in [4.78, 5) is 67.9. The molecular formula is C45H70BrN3O13Si. The van der Waals surface area contributed by atoms with Gasteiger partial charge in [0.25, 0.3) is 5.69 Å². The molecular weight excluding hydrogens is 898 g/mol. The molecule has 354 valence electrons.